The van der Waals surface area contributed by atoms with Crippen LogP contribution in [-0.2, 0) is 9.53 Å². The first kappa shape index (κ1) is 25.3. The summed E-state index contributed by atoms with van der Waals surface area (Å²) in [4.78, 5) is 10.9. The fourth-order valence-electron chi connectivity index (χ4n) is 1.82. The largest absolute Gasteiger partial charge is 0.462 e. The van der Waals surface area contributed by atoms with Crippen molar-refractivity contribution in [1.29, 1.82) is 0 Å². The van der Waals surface area contributed by atoms with Crippen molar-refractivity contribution in [2.24, 2.45) is 5.41 Å². The van der Waals surface area contributed by atoms with Crippen molar-refractivity contribution in [3.8, 4) is 0 Å². The van der Waals surface area contributed by atoms with Gasteiger partial charge in [0, 0.05) is 12.0 Å². The first-order valence-corrected chi connectivity index (χ1v) is 6.36. The Labute approximate surface area is 141 Å². The highest BCUT2D eigenvalue weighted by Crippen LogP contribution is 2.66. The molecule has 160 valence electrons. The third-order valence-corrected chi connectivity index (χ3v) is 3.31. The van der Waals surface area contributed by atoms with Crippen molar-refractivity contribution in [2.45, 2.75) is 43.7 Å². The van der Waals surface area contributed by atoms with Crippen LogP contribution in [0.2, 0.25) is 0 Å². The van der Waals surface area contributed by atoms with E-state index in [9.17, 15) is 61.9 Å². The van der Waals surface area contributed by atoms with E-state index in [1.54, 1.807) is 0 Å². The van der Waals surface area contributed by atoms with Crippen LogP contribution in [-0.4, -0.2) is 43.0 Å². The molecular formula is C12H9F13O2. The van der Waals surface area contributed by atoms with Gasteiger partial charge in [-0.25, -0.2) is 4.79 Å². The van der Waals surface area contributed by atoms with E-state index < -0.39 is 60.4 Å². The first-order chi connectivity index (χ1) is 11.6. The highest BCUT2D eigenvalue weighted by molar-refractivity contribution is 5.86. The third-order valence-electron chi connectivity index (χ3n) is 3.31. The molecule has 0 unspecified atom stereocenters. The second kappa shape index (κ2) is 7.04. The summed E-state index contributed by atoms with van der Waals surface area (Å²) in [6, 6.07) is 0. The summed E-state index contributed by atoms with van der Waals surface area (Å²) in [7, 11) is 0. The Balaban J connectivity index is 6.52. The van der Waals surface area contributed by atoms with E-state index >= 15 is 0 Å². The molecule has 0 rings (SSSR count). The summed E-state index contributed by atoms with van der Waals surface area (Å²) in [6.07, 6.45) is -25.3. The molecule has 0 heterocycles. The average Bonchev–Trinajstić information content (AvgIpc) is 2.38. The van der Waals surface area contributed by atoms with Gasteiger partial charge in [-0.2, -0.15) is 57.1 Å². The van der Waals surface area contributed by atoms with Crippen molar-refractivity contribution < 1.29 is 66.6 Å². The second-order valence-electron chi connectivity index (χ2n) is 5.21. The van der Waals surface area contributed by atoms with Crippen LogP contribution < -0.4 is 0 Å². The zero-order valence-corrected chi connectivity index (χ0v) is 12.9. The minimum atomic E-state index is -7.73. The molecule has 0 aromatic heterocycles. The van der Waals surface area contributed by atoms with Gasteiger partial charge in [0.25, 0.3) is 0 Å². The van der Waals surface area contributed by atoms with E-state index in [1.807, 2.05) is 0 Å². The Kier molecular flexibility index (Phi) is 6.59. The minimum Gasteiger partial charge on any atom is -0.462 e. The second-order valence-corrected chi connectivity index (χ2v) is 5.21. The van der Waals surface area contributed by atoms with Gasteiger partial charge in [-0.05, 0) is 6.92 Å². The van der Waals surface area contributed by atoms with Crippen LogP contribution in [0, 0.1) is 5.41 Å². The van der Waals surface area contributed by atoms with Gasteiger partial charge < -0.3 is 4.74 Å². The van der Waals surface area contributed by atoms with Crippen LogP contribution >= 0.6 is 0 Å². The van der Waals surface area contributed by atoms with E-state index in [-0.39, 0.29) is 0 Å². The highest BCUT2D eigenvalue weighted by Gasteiger charge is 2.91. The molecule has 0 aliphatic heterocycles. The molecule has 0 fully saturated rings. The molecule has 0 bridgehead atoms. The molecule has 27 heavy (non-hydrogen) atoms. The number of halogens is 13. The highest BCUT2D eigenvalue weighted by atomic mass is 19.4. The van der Waals surface area contributed by atoms with Crippen LogP contribution in [0.25, 0.3) is 0 Å². The third kappa shape index (κ3) is 4.10. The summed E-state index contributed by atoms with van der Waals surface area (Å²) in [5.41, 5.74) is -7.49. The Bertz CT molecular complexity index is 553. The van der Waals surface area contributed by atoms with Crippen LogP contribution in [0.3, 0.4) is 0 Å². The van der Waals surface area contributed by atoms with E-state index in [4.69, 9.17) is 0 Å². The zero-order valence-electron chi connectivity index (χ0n) is 12.9. The molecule has 0 radical (unpaired) electrons. The maximum absolute atomic E-state index is 13.6. The van der Waals surface area contributed by atoms with E-state index in [2.05, 4.69) is 11.3 Å². The summed E-state index contributed by atoms with van der Waals surface area (Å²) < 4.78 is 171. The van der Waals surface area contributed by atoms with Crippen molar-refractivity contribution >= 4 is 5.97 Å². The van der Waals surface area contributed by atoms with Gasteiger partial charge in [0.05, 0.1) is 6.61 Å². The predicted molar refractivity (Wildman–Crippen MR) is 60.9 cm³/mol. The fraction of sp³-hybridized carbons (Fsp3) is 0.750. The first-order valence-electron chi connectivity index (χ1n) is 6.36. The number of hydrogen-bond acceptors (Lipinski definition) is 2. The molecule has 0 aliphatic rings. The van der Waals surface area contributed by atoms with Crippen molar-refractivity contribution in [3.63, 3.8) is 0 Å². The quantitative estimate of drug-likeness (QED) is 0.318. The summed E-state index contributed by atoms with van der Waals surface area (Å²) in [5.74, 6) is -17.1. The molecular weight excluding hydrogens is 423 g/mol. The SMILES string of the molecule is C=C(C)C(=O)OCCC(C(F)(F)F)(C(F)(F)F)C(F)(F)C(F)(F)C(F)(F)F. The molecule has 0 spiro atoms. The number of ether oxygens (including phenoxy) is 1. The molecule has 0 N–H and O–H groups in total. The topological polar surface area (TPSA) is 26.3 Å². The molecule has 0 saturated heterocycles. The van der Waals surface area contributed by atoms with Crippen LogP contribution in [0.1, 0.15) is 13.3 Å². The van der Waals surface area contributed by atoms with Gasteiger partial charge in [-0.1, -0.05) is 6.58 Å². The lowest BCUT2D eigenvalue weighted by atomic mass is 9.73. The normalized spacial score (nSPS) is 14.9. The van der Waals surface area contributed by atoms with Crippen molar-refractivity contribution in [3.05, 3.63) is 12.2 Å². The molecule has 15 heteroatoms. The fourth-order valence-corrected chi connectivity index (χ4v) is 1.82. The molecule has 0 atom stereocenters. The lowest BCUT2D eigenvalue weighted by molar-refractivity contribution is -0.462. The Morgan fingerprint density at radius 3 is 1.37 bits per heavy atom. The molecule has 0 aliphatic carbocycles. The monoisotopic (exact) mass is 432 g/mol. The minimum absolute atomic E-state index is 0.619. The number of hydrogen-bond donors (Lipinski definition) is 0. The number of rotatable bonds is 6. The lowest BCUT2D eigenvalue weighted by Gasteiger charge is -2.45. The van der Waals surface area contributed by atoms with Crippen LogP contribution in [0.4, 0.5) is 57.1 Å². The summed E-state index contributed by atoms with van der Waals surface area (Å²) >= 11 is 0. The Morgan fingerprint density at radius 1 is 0.741 bits per heavy atom. The number of carbonyl (C=O) groups is 1. The van der Waals surface area contributed by atoms with Gasteiger partial charge >= 0.3 is 36.3 Å². The van der Waals surface area contributed by atoms with Crippen molar-refractivity contribution in [2.75, 3.05) is 6.61 Å². The summed E-state index contributed by atoms with van der Waals surface area (Å²) in [5, 5.41) is 0. The predicted octanol–water partition coefficient (Wildman–Crippen LogP) is 5.44. The van der Waals surface area contributed by atoms with Crippen LogP contribution in [0.5, 0.6) is 0 Å². The molecule has 2 nitrogen and oxygen atoms in total. The number of esters is 1. The van der Waals surface area contributed by atoms with E-state index in [1.165, 1.54) is 0 Å². The molecule has 0 amide bonds. The summed E-state index contributed by atoms with van der Waals surface area (Å²) in [6.45, 7) is 1.49. The zero-order chi connectivity index (χ0) is 22.3. The lowest BCUT2D eigenvalue weighted by Crippen LogP contribution is -2.70. The van der Waals surface area contributed by atoms with E-state index in [0.717, 1.165) is 6.92 Å². The van der Waals surface area contributed by atoms with Crippen LogP contribution in [0.15, 0.2) is 12.2 Å². The van der Waals surface area contributed by atoms with Gasteiger partial charge in [0.15, 0.2) is 0 Å². The van der Waals surface area contributed by atoms with Gasteiger partial charge in [0.1, 0.15) is 0 Å². The molecule has 0 aromatic rings. The maximum atomic E-state index is 13.6. The van der Waals surface area contributed by atoms with Crippen molar-refractivity contribution in [1.82, 2.24) is 0 Å². The maximum Gasteiger partial charge on any atom is 0.459 e. The standard InChI is InChI=1S/C12H9F13O2/c1-5(2)6(26)27-4-3-7(10(17,18)19,11(20,21)22)8(13,14)9(15,16)12(23,24)25/h1,3-4H2,2H3. The number of alkyl halides is 13. The van der Waals surface area contributed by atoms with E-state index in [0.29, 0.717) is 0 Å². The average molecular weight is 432 g/mol. The smallest absolute Gasteiger partial charge is 0.459 e. The van der Waals surface area contributed by atoms with Gasteiger partial charge in [0.2, 0.25) is 5.41 Å². The molecule has 0 saturated carbocycles. The Hall–Kier alpha value is -1.70. The molecule has 0 aromatic carbocycles. The van der Waals surface area contributed by atoms with Gasteiger partial charge in [-0.15, -0.1) is 0 Å². The van der Waals surface area contributed by atoms with Gasteiger partial charge in [-0.3, -0.25) is 0 Å². The Morgan fingerprint density at radius 2 is 1.11 bits per heavy atom. The number of carbonyl (C=O) groups excluding carboxylic acids is 1.